The highest BCUT2D eigenvalue weighted by Gasteiger charge is 2.38. The number of likely N-dealkylation sites (N-methyl/N-ethyl adjacent to an activating group) is 1. The van der Waals surface area contributed by atoms with E-state index in [-0.39, 0.29) is 6.04 Å². The van der Waals surface area contributed by atoms with Crippen molar-refractivity contribution in [3.63, 3.8) is 0 Å². The highest BCUT2D eigenvalue weighted by atomic mass is 15.3. The van der Waals surface area contributed by atoms with Crippen LogP contribution < -0.4 is 11.1 Å². The molecule has 1 fully saturated rings. The van der Waals surface area contributed by atoms with Crippen molar-refractivity contribution in [2.75, 3.05) is 26.8 Å². The summed E-state index contributed by atoms with van der Waals surface area (Å²) in [5, 5.41) is 3.45. The van der Waals surface area contributed by atoms with E-state index in [0.717, 1.165) is 26.2 Å². The Kier molecular flexibility index (Phi) is 4.01. The Hall–Kier alpha value is -0.710. The second-order valence-electron chi connectivity index (χ2n) is 6.19. The molecule has 2 heterocycles. The Morgan fingerprint density at radius 2 is 2.32 bits per heavy atom. The van der Waals surface area contributed by atoms with Gasteiger partial charge in [-0.3, -0.25) is 9.89 Å². The van der Waals surface area contributed by atoms with Gasteiger partial charge < -0.3 is 11.1 Å². The fourth-order valence-electron chi connectivity index (χ4n) is 3.84. The number of nitrogens with zero attached hydrogens (tertiary/aromatic N) is 2. The summed E-state index contributed by atoms with van der Waals surface area (Å²) in [6.07, 6.45) is 9.50. The highest BCUT2D eigenvalue weighted by molar-refractivity contribution is 5.93. The van der Waals surface area contributed by atoms with Gasteiger partial charge in [0.15, 0.2) is 0 Å². The average Bonchev–Trinajstić information content (AvgIpc) is 2.86. The summed E-state index contributed by atoms with van der Waals surface area (Å²) >= 11 is 0. The van der Waals surface area contributed by atoms with Crippen molar-refractivity contribution in [2.24, 2.45) is 22.6 Å². The molecule has 0 aromatic heterocycles. The van der Waals surface area contributed by atoms with Crippen molar-refractivity contribution in [1.82, 2.24) is 10.2 Å². The lowest BCUT2D eigenvalue weighted by Gasteiger charge is -2.38. The van der Waals surface area contributed by atoms with E-state index in [2.05, 4.69) is 29.4 Å². The maximum atomic E-state index is 6.58. The summed E-state index contributed by atoms with van der Waals surface area (Å²) < 4.78 is 0. The van der Waals surface area contributed by atoms with E-state index in [0.29, 0.717) is 17.9 Å². The van der Waals surface area contributed by atoms with E-state index in [1.807, 2.05) is 0 Å². The molecular formula is C15H26N4. The highest BCUT2D eigenvalue weighted by Crippen LogP contribution is 2.29. The van der Waals surface area contributed by atoms with Gasteiger partial charge in [0.25, 0.3) is 0 Å². The van der Waals surface area contributed by atoms with Gasteiger partial charge >= 0.3 is 0 Å². The number of rotatable bonds is 2. The predicted octanol–water partition coefficient (Wildman–Crippen LogP) is 0.992. The minimum absolute atomic E-state index is 0.147. The van der Waals surface area contributed by atoms with E-state index >= 15 is 0 Å². The lowest BCUT2D eigenvalue weighted by molar-refractivity contribution is 0.213. The van der Waals surface area contributed by atoms with Gasteiger partial charge in [-0.25, -0.2) is 0 Å². The molecule has 4 nitrogen and oxygen atoms in total. The zero-order chi connectivity index (χ0) is 13.2. The molecule has 0 amide bonds. The number of nitrogens with two attached hydrogens (primary N) is 1. The molecule has 3 aliphatic rings. The van der Waals surface area contributed by atoms with E-state index in [1.54, 1.807) is 0 Å². The molecule has 2 aliphatic heterocycles. The maximum absolute atomic E-state index is 6.58. The number of aliphatic imine (C=N–C) groups is 1. The van der Waals surface area contributed by atoms with Gasteiger partial charge in [-0.1, -0.05) is 12.2 Å². The molecule has 4 heteroatoms. The normalized spacial score (nSPS) is 40.4. The van der Waals surface area contributed by atoms with Gasteiger partial charge in [-0.05, 0) is 38.6 Å². The molecule has 0 aromatic carbocycles. The third kappa shape index (κ3) is 2.62. The third-order valence-electron chi connectivity index (χ3n) is 4.97. The largest absolute Gasteiger partial charge is 0.323 e. The van der Waals surface area contributed by atoms with E-state index in [4.69, 9.17) is 10.7 Å². The topological polar surface area (TPSA) is 53.6 Å². The van der Waals surface area contributed by atoms with Gasteiger partial charge in [-0.2, -0.15) is 0 Å². The molecule has 0 bridgehead atoms. The van der Waals surface area contributed by atoms with Crippen LogP contribution in [-0.4, -0.2) is 49.5 Å². The number of nitrogens with one attached hydrogen (secondary N) is 1. The Bertz CT molecular complexity index is 376. The Labute approximate surface area is 116 Å². The second-order valence-corrected chi connectivity index (χ2v) is 6.19. The van der Waals surface area contributed by atoms with Crippen LogP contribution in [0.25, 0.3) is 0 Å². The second kappa shape index (κ2) is 5.73. The SMILES string of the molecule is CN1CNCC1C1CCN=C(C2C=CCCC2)C1N. The van der Waals surface area contributed by atoms with Crippen molar-refractivity contribution >= 4 is 5.71 Å². The van der Waals surface area contributed by atoms with E-state index in [1.165, 1.54) is 25.0 Å². The molecular weight excluding hydrogens is 236 g/mol. The quantitative estimate of drug-likeness (QED) is 0.730. The first kappa shape index (κ1) is 13.3. The molecule has 0 spiro atoms. The summed E-state index contributed by atoms with van der Waals surface area (Å²) in [4.78, 5) is 7.19. The summed E-state index contributed by atoms with van der Waals surface area (Å²) in [6, 6.07) is 0.724. The van der Waals surface area contributed by atoms with Gasteiger partial charge in [0.2, 0.25) is 0 Å². The molecule has 4 atom stereocenters. The van der Waals surface area contributed by atoms with Gasteiger partial charge in [-0.15, -0.1) is 0 Å². The lowest BCUT2D eigenvalue weighted by Crippen LogP contribution is -2.52. The Morgan fingerprint density at radius 1 is 1.42 bits per heavy atom. The molecule has 106 valence electrons. The molecule has 0 aromatic rings. The zero-order valence-electron chi connectivity index (χ0n) is 11.9. The minimum Gasteiger partial charge on any atom is -0.323 e. The fourth-order valence-corrected chi connectivity index (χ4v) is 3.84. The van der Waals surface area contributed by atoms with Crippen LogP contribution in [0.2, 0.25) is 0 Å². The standard InChI is InChI=1S/C15H26N4/c1-19-10-17-9-13(19)12-7-8-18-15(14(12)16)11-5-3-2-4-6-11/h3,5,11-14,17H,2,4,6-10,16H2,1H3. The molecule has 0 saturated carbocycles. The van der Waals surface area contributed by atoms with Crippen molar-refractivity contribution in [1.29, 1.82) is 0 Å². The van der Waals surface area contributed by atoms with Gasteiger partial charge in [0.05, 0.1) is 0 Å². The number of hydrogen-bond donors (Lipinski definition) is 2. The van der Waals surface area contributed by atoms with Gasteiger partial charge in [0.1, 0.15) is 0 Å². The summed E-state index contributed by atoms with van der Waals surface area (Å²) in [7, 11) is 2.20. The van der Waals surface area contributed by atoms with E-state index < -0.39 is 0 Å². The zero-order valence-corrected chi connectivity index (χ0v) is 11.9. The predicted molar refractivity (Wildman–Crippen MR) is 79.3 cm³/mol. The third-order valence-corrected chi connectivity index (χ3v) is 4.97. The summed E-state index contributed by atoms with van der Waals surface area (Å²) in [6.45, 7) is 3.02. The molecule has 1 saturated heterocycles. The van der Waals surface area contributed by atoms with Crippen LogP contribution in [0.15, 0.2) is 17.1 Å². The van der Waals surface area contributed by atoms with Crippen molar-refractivity contribution in [3.8, 4) is 0 Å². The first-order valence-electron chi connectivity index (χ1n) is 7.65. The smallest absolute Gasteiger partial charge is 0.0481 e. The fraction of sp³-hybridized carbons (Fsp3) is 0.800. The van der Waals surface area contributed by atoms with Crippen LogP contribution in [-0.2, 0) is 0 Å². The maximum Gasteiger partial charge on any atom is 0.0481 e. The van der Waals surface area contributed by atoms with Crippen LogP contribution in [0.4, 0.5) is 0 Å². The van der Waals surface area contributed by atoms with Crippen molar-refractivity contribution in [3.05, 3.63) is 12.2 Å². The minimum atomic E-state index is 0.147. The molecule has 4 unspecified atom stereocenters. The van der Waals surface area contributed by atoms with Gasteiger partial charge in [0, 0.05) is 43.5 Å². The molecule has 3 N–H and O–H groups in total. The molecule has 19 heavy (non-hydrogen) atoms. The van der Waals surface area contributed by atoms with Crippen molar-refractivity contribution in [2.45, 2.75) is 37.8 Å². The van der Waals surface area contributed by atoms with Crippen LogP contribution in [0.5, 0.6) is 0 Å². The van der Waals surface area contributed by atoms with E-state index in [9.17, 15) is 0 Å². The van der Waals surface area contributed by atoms with Crippen LogP contribution in [0, 0.1) is 11.8 Å². The van der Waals surface area contributed by atoms with Crippen molar-refractivity contribution < 1.29 is 0 Å². The Balaban J connectivity index is 1.74. The molecule has 1 aliphatic carbocycles. The number of hydrogen-bond acceptors (Lipinski definition) is 4. The van der Waals surface area contributed by atoms with Crippen LogP contribution in [0.1, 0.15) is 25.7 Å². The molecule has 3 rings (SSSR count). The summed E-state index contributed by atoms with van der Waals surface area (Å²) in [5.41, 5.74) is 7.85. The first-order chi connectivity index (χ1) is 9.27. The van der Waals surface area contributed by atoms with Crippen LogP contribution >= 0.6 is 0 Å². The molecule has 0 radical (unpaired) electrons. The van der Waals surface area contributed by atoms with Crippen LogP contribution in [0.3, 0.4) is 0 Å². The first-order valence-corrected chi connectivity index (χ1v) is 7.65. The lowest BCUT2D eigenvalue weighted by atomic mass is 9.78. The number of allylic oxidation sites excluding steroid dienone is 2. The Morgan fingerprint density at radius 3 is 3.00 bits per heavy atom. The summed E-state index contributed by atoms with van der Waals surface area (Å²) in [5.74, 6) is 1.06. The average molecular weight is 262 g/mol. The monoisotopic (exact) mass is 262 g/mol.